The summed E-state index contributed by atoms with van der Waals surface area (Å²) in [6, 6.07) is 18.0. The molecule has 7 heteroatoms. The van der Waals surface area contributed by atoms with Crippen molar-refractivity contribution in [1.82, 2.24) is 9.97 Å². The summed E-state index contributed by atoms with van der Waals surface area (Å²) in [4.78, 5) is 21.1. The van der Waals surface area contributed by atoms with E-state index in [0.29, 0.717) is 23.1 Å². The molecule has 6 nitrogen and oxygen atoms in total. The van der Waals surface area contributed by atoms with E-state index in [2.05, 4.69) is 15.1 Å². The molecule has 3 rings (SSSR count). The zero-order chi connectivity index (χ0) is 19.1. The van der Waals surface area contributed by atoms with E-state index in [4.69, 9.17) is 4.74 Å². The first-order chi connectivity index (χ1) is 13.2. The van der Waals surface area contributed by atoms with Crippen LogP contribution in [0.1, 0.15) is 21.6 Å². The molecule has 0 bridgehead atoms. The summed E-state index contributed by atoms with van der Waals surface area (Å²) >= 11 is 1.34. The van der Waals surface area contributed by atoms with Crippen LogP contribution in [0.2, 0.25) is 0 Å². The van der Waals surface area contributed by atoms with Gasteiger partial charge in [0.1, 0.15) is 18.1 Å². The van der Waals surface area contributed by atoms with Gasteiger partial charge in [0, 0.05) is 11.8 Å². The van der Waals surface area contributed by atoms with Gasteiger partial charge in [0.25, 0.3) is 0 Å². The minimum absolute atomic E-state index is 0.145. The molecule has 2 aromatic carbocycles. The van der Waals surface area contributed by atoms with Gasteiger partial charge in [-0.15, -0.1) is 0 Å². The van der Waals surface area contributed by atoms with Crippen molar-refractivity contribution in [2.75, 3.05) is 6.26 Å². The van der Waals surface area contributed by atoms with Gasteiger partial charge in [0.2, 0.25) is 5.78 Å². The average molecular weight is 379 g/mol. The number of ketones is 1. The third kappa shape index (κ3) is 4.71. The molecule has 0 aliphatic carbocycles. The van der Waals surface area contributed by atoms with E-state index in [1.807, 2.05) is 36.6 Å². The number of benzene rings is 2. The lowest BCUT2D eigenvalue weighted by molar-refractivity contribution is 0.106. The fourth-order valence-corrected chi connectivity index (χ4v) is 2.74. The number of ether oxygens (including phenoxy) is 1. The standard InChI is InChI=1S/C20H17N3O3S/c1-27-20-21-11-10-17(22-20)18(23-25)19(24)15-8-5-9-16(12-15)26-13-14-6-3-2-4-7-14/h2-12,25H,13H2,1H3. The lowest BCUT2D eigenvalue weighted by Gasteiger charge is -2.08. The molecule has 0 amide bonds. The molecule has 0 spiro atoms. The monoisotopic (exact) mass is 379 g/mol. The van der Waals surface area contributed by atoms with Gasteiger partial charge < -0.3 is 9.94 Å². The zero-order valence-corrected chi connectivity index (χ0v) is 15.4. The van der Waals surface area contributed by atoms with E-state index in [-0.39, 0.29) is 11.4 Å². The first kappa shape index (κ1) is 18.6. The first-order valence-electron chi connectivity index (χ1n) is 8.12. The number of carbonyl (C=O) groups excluding carboxylic acids is 1. The summed E-state index contributed by atoms with van der Waals surface area (Å²) in [5.74, 6) is 0.0999. The number of aromatic nitrogens is 2. The third-order valence-corrected chi connectivity index (χ3v) is 4.28. The second-order valence-corrected chi connectivity index (χ2v) is 6.28. The van der Waals surface area contributed by atoms with E-state index < -0.39 is 5.78 Å². The lowest BCUT2D eigenvalue weighted by Crippen LogP contribution is -2.18. The van der Waals surface area contributed by atoms with Gasteiger partial charge in [-0.3, -0.25) is 4.79 Å². The van der Waals surface area contributed by atoms with E-state index in [1.54, 1.807) is 24.3 Å². The molecule has 1 aromatic heterocycles. The first-order valence-corrected chi connectivity index (χ1v) is 9.34. The van der Waals surface area contributed by atoms with Crippen molar-refractivity contribution in [3.63, 3.8) is 0 Å². The van der Waals surface area contributed by atoms with E-state index >= 15 is 0 Å². The molecule has 27 heavy (non-hydrogen) atoms. The maximum atomic E-state index is 12.8. The Morgan fingerprint density at radius 1 is 1.15 bits per heavy atom. The fourth-order valence-electron chi connectivity index (χ4n) is 2.39. The van der Waals surface area contributed by atoms with E-state index in [0.717, 1.165) is 5.56 Å². The summed E-state index contributed by atoms with van der Waals surface area (Å²) in [5, 5.41) is 13.0. The number of hydrogen-bond donors (Lipinski definition) is 1. The molecule has 0 fully saturated rings. The molecule has 1 heterocycles. The quantitative estimate of drug-likeness (QED) is 0.168. The van der Waals surface area contributed by atoms with Crippen molar-refractivity contribution < 1.29 is 14.7 Å². The van der Waals surface area contributed by atoms with Crippen LogP contribution in [-0.4, -0.2) is 32.9 Å². The van der Waals surface area contributed by atoms with Crippen LogP contribution in [0, 0.1) is 0 Å². The maximum absolute atomic E-state index is 12.8. The zero-order valence-electron chi connectivity index (χ0n) is 14.6. The molecular formula is C20H17N3O3S. The highest BCUT2D eigenvalue weighted by molar-refractivity contribution is 7.98. The second-order valence-electron chi connectivity index (χ2n) is 5.51. The highest BCUT2D eigenvalue weighted by Gasteiger charge is 2.19. The van der Waals surface area contributed by atoms with E-state index in [1.165, 1.54) is 24.0 Å². The molecule has 1 N–H and O–H groups in total. The molecular weight excluding hydrogens is 362 g/mol. The van der Waals surface area contributed by atoms with Crippen molar-refractivity contribution in [1.29, 1.82) is 0 Å². The van der Waals surface area contributed by atoms with Crippen LogP contribution in [0.4, 0.5) is 0 Å². The number of rotatable bonds is 7. The lowest BCUT2D eigenvalue weighted by atomic mass is 10.0. The number of oxime groups is 1. The number of hydrogen-bond acceptors (Lipinski definition) is 7. The normalized spacial score (nSPS) is 11.2. The van der Waals surface area contributed by atoms with E-state index in [9.17, 15) is 10.0 Å². The van der Waals surface area contributed by atoms with Crippen LogP contribution in [0.3, 0.4) is 0 Å². The summed E-state index contributed by atoms with van der Waals surface area (Å²) < 4.78 is 5.75. The minimum Gasteiger partial charge on any atom is -0.489 e. The highest BCUT2D eigenvalue weighted by Crippen LogP contribution is 2.18. The number of nitrogens with zero attached hydrogens (tertiary/aromatic N) is 3. The summed E-state index contributed by atoms with van der Waals surface area (Å²) in [5.41, 5.74) is 1.49. The van der Waals surface area contributed by atoms with Crippen molar-refractivity contribution in [2.24, 2.45) is 5.16 Å². The summed E-state index contributed by atoms with van der Waals surface area (Å²) in [6.45, 7) is 0.391. The van der Waals surface area contributed by atoms with Crippen LogP contribution in [0.15, 0.2) is 77.2 Å². The van der Waals surface area contributed by atoms with Crippen LogP contribution >= 0.6 is 11.8 Å². The fraction of sp³-hybridized carbons (Fsp3) is 0.100. The predicted octanol–water partition coefficient (Wildman–Crippen LogP) is 3.84. The average Bonchev–Trinajstić information content (AvgIpc) is 2.74. The second kappa shape index (κ2) is 8.95. The Balaban J connectivity index is 1.79. The highest BCUT2D eigenvalue weighted by atomic mass is 32.2. The Morgan fingerprint density at radius 3 is 2.70 bits per heavy atom. The Bertz CT molecular complexity index is 961. The smallest absolute Gasteiger partial charge is 0.217 e. The van der Waals surface area contributed by atoms with Crippen LogP contribution in [0.5, 0.6) is 5.75 Å². The van der Waals surface area contributed by atoms with Gasteiger partial charge >= 0.3 is 0 Å². The van der Waals surface area contributed by atoms with Gasteiger partial charge in [-0.1, -0.05) is 59.4 Å². The van der Waals surface area contributed by atoms with Gasteiger partial charge in [-0.25, -0.2) is 9.97 Å². The van der Waals surface area contributed by atoms with Crippen molar-refractivity contribution >= 4 is 23.3 Å². The Kier molecular flexibility index (Phi) is 6.17. The molecule has 0 aliphatic heterocycles. The van der Waals surface area contributed by atoms with Gasteiger partial charge in [-0.2, -0.15) is 0 Å². The van der Waals surface area contributed by atoms with Gasteiger partial charge in [0.15, 0.2) is 10.9 Å². The van der Waals surface area contributed by atoms with Crippen molar-refractivity contribution in [2.45, 2.75) is 11.8 Å². The minimum atomic E-state index is -0.451. The topological polar surface area (TPSA) is 84.7 Å². The molecule has 3 aromatic rings. The molecule has 0 saturated carbocycles. The Morgan fingerprint density at radius 2 is 1.96 bits per heavy atom. The summed E-state index contributed by atoms with van der Waals surface area (Å²) in [6.07, 6.45) is 3.34. The van der Waals surface area contributed by atoms with Crippen LogP contribution in [-0.2, 0) is 6.61 Å². The number of thioether (sulfide) groups is 1. The third-order valence-electron chi connectivity index (χ3n) is 3.72. The maximum Gasteiger partial charge on any atom is 0.217 e. The number of Topliss-reactive ketones (excluding diaryl/α,β-unsaturated/α-hetero) is 1. The van der Waals surface area contributed by atoms with Crippen molar-refractivity contribution in [3.05, 3.63) is 83.7 Å². The van der Waals surface area contributed by atoms with Crippen LogP contribution in [0.25, 0.3) is 0 Å². The summed E-state index contributed by atoms with van der Waals surface area (Å²) in [7, 11) is 0. The molecule has 0 unspecified atom stereocenters. The largest absolute Gasteiger partial charge is 0.489 e. The van der Waals surface area contributed by atoms with Crippen molar-refractivity contribution in [3.8, 4) is 5.75 Å². The molecule has 0 atom stereocenters. The molecule has 136 valence electrons. The Hall–Kier alpha value is -3.19. The molecule has 0 radical (unpaired) electrons. The van der Waals surface area contributed by atoms with Crippen LogP contribution < -0.4 is 4.74 Å². The number of carbonyl (C=O) groups is 1. The predicted molar refractivity (Wildman–Crippen MR) is 104 cm³/mol. The van der Waals surface area contributed by atoms with Gasteiger partial charge in [-0.05, 0) is 30.0 Å². The van der Waals surface area contributed by atoms with Gasteiger partial charge in [0.05, 0.1) is 0 Å². The SMILES string of the molecule is CSc1nccc(C(=NO)C(=O)c2cccc(OCc3ccccc3)c2)n1. The molecule has 0 saturated heterocycles. The Labute approximate surface area is 160 Å². The molecule has 0 aliphatic rings.